The highest BCUT2D eigenvalue weighted by molar-refractivity contribution is 5.86. The maximum atomic E-state index is 12.2. The molecule has 0 radical (unpaired) electrons. The summed E-state index contributed by atoms with van der Waals surface area (Å²) in [7, 11) is 0. The van der Waals surface area contributed by atoms with Crippen LogP contribution in [0, 0.1) is 11.3 Å². The van der Waals surface area contributed by atoms with Gasteiger partial charge in [-0.2, -0.15) is 0 Å². The zero-order valence-corrected chi connectivity index (χ0v) is 11.4. The highest BCUT2D eigenvalue weighted by Gasteiger charge is 2.49. The molecule has 0 amide bonds. The molecule has 0 aromatic rings. The van der Waals surface area contributed by atoms with Gasteiger partial charge in [-0.15, -0.1) is 0 Å². The van der Waals surface area contributed by atoms with E-state index >= 15 is 0 Å². The van der Waals surface area contributed by atoms with E-state index in [0.717, 1.165) is 0 Å². The third-order valence-corrected chi connectivity index (χ3v) is 3.57. The monoisotopic (exact) mass is 254 g/mol. The van der Waals surface area contributed by atoms with Crippen LogP contribution in [0.5, 0.6) is 0 Å². The molecule has 1 aliphatic carbocycles. The van der Waals surface area contributed by atoms with Crippen molar-refractivity contribution in [3.05, 3.63) is 12.2 Å². The summed E-state index contributed by atoms with van der Waals surface area (Å²) in [5, 5.41) is 0. The summed E-state index contributed by atoms with van der Waals surface area (Å²) >= 11 is 0. The Hall–Kier alpha value is -1.32. The molecular formula is C14H22O4. The molecule has 4 nitrogen and oxygen atoms in total. The van der Waals surface area contributed by atoms with Gasteiger partial charge in [0.05, 0.1) is 24.5 Å². The summed E-state index contributed by atoms with van der Waals surface area (Å²) < 4.78 is 10.2. The zero-order chi connectivity index (χ0) is 13.6. The van der Waals surface area contributed by atoms with E-state index in [0.29, 0.717) is 32.5 Å². The van der Waals surface area contributed by atoms with Crippen LogP contribution in [0.15, 0.2) is 12.2 Å². The van der Waals surface area contributed by atoms with Crippen LogP contribution in [-0.2, 0) is 19.1 Å². The Labute approximate surface area is 108 Å². The van der Waals surface area contributed by atoms with E-state index in [1.807, 2.05) is 19.1 Å². The van der Waals surface area contributed by atoms with Crippen molar-refractivity contribution in [2.45, 2.75) is 40.0 Å². The van der Waals surface area contributed by atoms with Gasteiger partial charge in [-0.05, 0) is 33.1 Å². The Kier molecular flexibility index (Phi) is 5.38. The van der Waals surface area contributed by atoms with Crippen LogP contribution in [0.4, 0.5) is 0 Å². The first-order valence-electron chi connectivity index (χ1n) is 6.61. The van der Waals surface area contributed by atoms with Crippen molar-refractivity contribution in [3.8, 4) is 0 Å². The van der Waals surface area contributed by atoms with Gasteiger partial charge in [0.25, 0.3) is 0 Å². The topological polar surface area (TPSA) is 52.6 Å². The summed E-state index contributed by atoms with van der Waals surface area (Å²) in [6.07, 6.45) is 5.57. The highest BCUT2D eigenvalue weighted by Crippen LogP contribution is 2.43. The van der Waals surface area contributed by atoms with Gasteiger partial charge in [0.2, 0.25) is 0 Å². The van der Waals surface area contributed by atoms with Crippen LogP contribution >= 0.6 is 0 Å². The van der Waals surface area contributed by atoms with E-state index in [2.05, 4.69) is 0 Å². The normalized spacial score (nSPS) is 26.7. The van der Waals surface area contributed by atoms with Gasteiger partial charge in [-0.3, -0.25) is 9.59 Å². The summed E-state index contributed by atoms with van der Waals surface area (Å²) in [6, 6.07) is 0. The largest absolute Gasteiger partial charge is 0.466 e. The van der Waals surface area contributed by atoms with Gasteiger partial charge in [-0.1, -0.05) is 19.1 Å². The lowest BCUT2D eigenvalue weighted by Gasteiger charge is -2.37. The molecule has 0 N–H and O–H groups in total. The van der Waals surface area contributed by atoms with Gasteiger partial charge >= 0.3 is 11.9 Å². The predicted octanol–water partition coefficient (Wildman–Crippen LogP) is 2.48. The average molecular weight is 254 g/mol. The minimum Gasteiger partial charge on any atom is -0.466 e. The predicted molar refractivity (Wildman–Crippen MR) is 67.9 cm³/mol. The standard InChI is InChI=1S/C14H22O4/c1-4-14(13(16)18-6-3)10-8-7-9-11(14)12(15)17-5-2/h7-8,11H,4-6,9-10H2,1-3H3. The van der Waals surface area contributed by atoms with Crippen molar-refractivity contribution in [1.29, 1.82) is 0 Å². The lowest BCUT2D eigenvalue weighted by Crippen LogP contribution is -2.45. The third-order valence-electron chi connectivity index (χ3n) is 3.57. The van der Waals surface area contributed by atoms with E-state index in [-0.39, 0.29) is 11.9 Å². The molecule has 0 fully saturated rings. The highest BCUT2D eigenvalue weighted by atomic mass is 16.5. The minimum atomic E-state index is -0.753. The Bertz CT molecular complexity index is 335. The van der Waals surface area contributed by atoms with E-state index in [4.69, 9.17) is 9.47 Å². The molecule has 4 heteroatoms. The number of allylic oxidation sites excluding steroid dienone is 2. The molecule has 18 heavy (non-hydrogen) atoms. The molecule has 0 aromatic carbocycles. The smallest absolute Gasteiger partial charge is 0.313 e. The molecule has 102 valence electrons. The molecule has 0 spiro atoms. The van der Waals surface area contributed by atoms with Crippen LogP contribution in [0.25, 0.3) is 0 Å². The van der Waals surface area contributed by atoms with Crippen molar-refractivity contribution in [2.75, 3.05) is 13.2 Å². The Morgan fingerprint density at radius 2 is 1.83 bits per heavy atom. The summed E-state index contributed by atoms with van der Waals surface area (Å²) in [5.41, 5.74) is -0.753. The van der Waals surface area contributed by atoms with Gasteiger partial charge in [-0.25, -0.2) is 0 Å². The fourth-order valence-corrected chi connectivity index (χ4v) is 2.49. The fourth-order valence-electron chi connectivity index (χ4n) is 2.49. The number of esters is 2. The molecule has 0 aliphatic heterocycles. The lowest BCUT2D eigenvalue weighted by molar-refractivity contribution is -0.170. The summed E-state index contributed by atoms with van der Waals surface area (Å²) in [5.74, 6) is -1.00. The first kappa shape index (κ1) is 14.7. The molecule has 2 unspecified atom stereocenters. The quantitative estimate of drug-likeness (QED) is 0.558. The molecule has 1 rings (SSSR count). The first-order valence-corrected chi connectivity index (χ1v) is 6.61. The number of carbonyl (C=O) groups excluding carboxylic acids is 2. The van der Waals surface area contributed by atoms with Crippen molar-refractivity contribution in [2.24, 2.45) is 11.3 Å². The number of ether oxygens (including phenoxy) is 2. The number of hydrogen-bond acceptors (Lipinski definition) is 4. The maximum absolute atomic E-state index is 12.2. The fraction of sp³-hybridized carbons (Fsp3) is 0.714. The summed E-state index contributed by atoms with van der Waals surface area (Å²) in [6.45, 7) is 6.14. The van der Waals surface area contributed by atoms with Crippen molar-refractivity contribution in [3.63, 3.8) is 0 Å². The number of hydrogen-bond donors (Lipinski definition) is 0. The average Bonchev–Trinajstić information content (AvgIpc) is 2.39. The van der Waals surface area contributed by atoms with Gasteiger partial charge in [0.15, 0.2) is 0 Å². The van der Waals surface area contributed by atoms with Crippen LogP contribution in [0.1, 0.15) is 40.0 Å². The van der Waals surface area contributed by atoms with Crippen molar-refractivity contribution in [1.82, 2.24) is 0 Å². The molecule has 0 saturated heterocycles. The molecular weight excluding hydrogens is 232 g/mol. The van der Waals surface area contributed by atoms with E-state index in [1.54, 1.807) is 13.8 Å². The number of rotatable bonds is 5. The first-order chi connectivity index (χ1) is 8.62. The van der Waals surface area contributed by atoms with Crippen LogP contribution < -0.4 is 0 Å². The van der Waals surface area contributed by atoms with Gasteiger partial charge < -0.3 is 9.47 Å². The van der Waals surface area contributed by atoms with E-state index < -0.39 is 11.3 Å². The van der Waals surface area contributed by atoms with Crippen LogP contribution in [0.2, 0.25) is 0 Å². The second-order valence-corrected chi connectivity index (χ2v) is 4.45. The van der Waals surface area contributed by atoms with E-state index in [1.165, 1.54) is 0 Å². The van der Waals surface area contributed by atoms with Gasteiger partial charge in [0, 0.05) is 0 Å². The minimum absolute atomic E-state index is 0.282. The molecule has 0 heterocycles. The Morgan fingerprint density at radius 1 is 1.17 bits per heavy atom. The maximum Gasteiger partial charge on any atom is 0.313 e. The second-order valence-electron chi connectivity index (χ2n) is 4.45. The van der Waals surface area contributed by atoms with E-state index in [9.17, 15) is 9.59 Å². The Morgan fingerprint density at radius 3 is 2.39 bits per heavy atom. The SMILES string of the molecule is CCOC(=O)C1CC=CCC1(CC)C(=O)OCC. The molecule has 2 atom stereocenters. The van der Waals surface area contributed by atoms with Crippen LogP contribution in [-0.4, -0.2) is 25.2 Å². The van der Waals surface area contributed by atoms with Crippen molar-refractivity contribution < 1.29 is 19.1 Å². The summed E-state index contributed by atoms with van der Waals surface area (Å²) in [4.78, 5) is 24.2. The zero-order valence-electron chi connectivity index (χ0n) is 11.4. The van der Waals surface area contributed by atoms with Crippen molar-refractivity contribution >= 4 is 11.9 Å². The van der Waals surface area contributed by atoms with Crippen LogP contribution in [0.3, 0.4) is 0 Å². The lowest BCUT2D eigenvalue weighted by atomic mass is 9.67. The molecule has 0 bridgehead atoms. The molecule has 0 saturated carbocycles. The molecule has 1 aliphatic rings. The second kappa shape index (κ2) is 6.57. The Balaban J connectivity index is 3.00. The van der Waals surface area contributed by atoms with Gasteiger partial charge in [0.1, 0.15) is 0 Å². The third kappa shape index (κ3) is 2.74. The molecule has 0 aromatic heterocycles. The number of carbonyl (C=O) groups is 2.